The van der Waals surface area contributed by atoms with E-state index in [0.717, 1.165) is 30.6 Å². The summed E-state index contributed by atoms with van der Waals surface area (Å²) >= 11 is 6.44. The lowest BCUT2D eigenvalue weighted by Crippen LogP contribution is -2.52. The lowest BCUT2D eigenvalue weighted by Gasteiger charge is -2.37. The Morgan fingerprint density at radius 1 is 1.11 bits per heavy atom. The number of piperazine rings is 1. The molecule has 0 unspecified atom stereocenters. The fourth-order valence-electron chi connectivity index (χ4n) is 5.53. The number of imidazole rings is 1. The highest BCUT2D eigenvalue weighted by Crippen LogP contribution is 2.32. The number of nitrogens with one attached hydrogen (secondary N) is 3. The van der Waals surface area contributed by atoms with Crippen molar-refractivity contribution in [1.82, 2.24) is 34.9 Å². The molecule has 0 radical (unpaired) electrons. The molecule has 0 saturated carbocycles. The van der Waals surface area contributed by atoms with Crippen LogP contribution in [0.4, 0.5) is 18.9 Å². The molecule has 3 amide bonds. The Labute approximate surface area is 274 Å². The van der Waals surface area contributed by atoms with Crippen LogP contribution in [-0.2, 0) is 28.7 Å². The van der Waals surface area contributed by atoms with Gasteiger partial charge in [-0.3, -0.25) is 19.1 Å². The second kappa shape index (κ2) is 15.0. The molecule has 0 bridgehead atoms. The van der Waals surface area contributed by atoms with Gasteiger partial charge in [0, 0.05) is 75.0 Å². The molecule has 5 rings (SSSR count). The number of carbonyl (C=O) groups excluding carboxylic acids is 3. The minimum absolute atomic E-state index is 0.0213. The Bertz CT molecular complexity index is 1660. The molecule has 3 aromatic rings. The lowest BCUT2D eigenvalue weighted by molar-refractivity contribution is -0.142. The van der Waals surface area contributed by atoms with Crippen molar-refractivity contribution in [3.63, 3.8) is 0 Å². The summed E-state index contributed by atoms with van der Waals surface area (Å²) in [5.41, 5.74) is -0.343. The minimum Gasteiger partial charge on any atom is -0.372 e. The number of ether oxygens (including phenoxy) is 1. The average molecular weight is 675 g/mol. The molecule has 2 aromatic heterocycles. The van der Waals surface area contributed by atoms with Crippen molar-refractivity contribution in [2.75, 3.05) is 58.3 Å². The van der Waals surface area contributed by atoms with Gasteiger partial charge >= 0.3 is 6.18 Å². The van der Waals surface area contributed by atoms with Crippen LogP contribution in [0.15, 0.2) is 30.6 Å². The first-order valence-corrected chi connectivity index (χ1v) is 15.4. The zero-order valence-corrected chi connectivity index (χ0v) is 26.4. The summed E-state index contributed by atoms with van der Waals surface area (Å²) in [6, 6.07) is 4.47. The Balaban J connectivity index is 1.17. The first-order chi connectivity index (χ1) is 22.5. The molecule has 2 aliphatic rings. The van der Waals surface area contributed by atoms with Gasteiger partial charge in [0.25, 0.3) is 11.8 Å². The summed E-state index contributed by atoms with van der Waals surface area (Å²) in [6.07, 6.45) is -0.722. The van der Waals surface area contributed by atoms with Crippen LogP contribution in [-0.4, -0.2) is 100 Å². The van der Waals surface area contributed by atoms with E-state index in [4.69, 9.17) is 16.3 Å². The summed E-state index contributed by atoms with van der Waals surface area (Å²) in [6.45, 7) is 3.44. The third-order valence-electron chi connectivity index (χ3n) is 7.94. The highest BCUT2D eigenvalue weighted by atomic mass is 35.5. The first kappa shape index (κ1) is 34.0. The summed E-state index contributed by atoms with van der Waals surface area (Å²) in [4.78, 5) is 49.2. The number of piperidine rings is 1. The summed E-state index contributed by atoms with van der Waals surface area (Å²) in [7, 11) is 1.46. The molecule has 12 nitrogen and oxygen atoms in total. The Hall–Kier alpha value is -4.39. The monoisotopic (exact) mass is 674 g/mol. The van der Waals surface area contributed by atoms with Gasteiger partial charge in [-0.15, -0.1) is 0 Å². The van der Waals surface area contributed by atoms with Crippen LogP contribution in [0.25, 0.3) is 0 Å². The van der Waals surface area contributed by atoms with E-state index in [9.17, 15) is 27.6 Å². The van der Waals surface area contributed by atoms with Crippen molar-refractivity contribution in [3.05, 3.63) is 64.0 Å². The molecule has 1 aromatic carbocycles. The Morgan fingerprint density at radius 2 is 1.83 bits per heavy atom. The Morgan fingerprint density at radius 3 is 2.51 bits per heavy atom. The van der Waals surface area contributed by atoms with Crippen molar-refractivity contribution in [3.8, 4) is 11.8 Å². The number of benzene rings is 1. The lowest BCUT2D eigenvalue weighted by atomic mass is 9.96. The first-order valence-electron chi connectivity index (χ1n) is 15.0. The van der Waals surface area contributed by atoms with Crippen molar-refractivity contribution in [1.29, 1.82) is 0 Å². The number of hydrogen-bond donors (Lipinski definition) is 3. The second-order valence-electron chi connectivity index (χ2n) is 11.2. The quantitative estimate of drug-likeness (QED) is 0.313. The van der Waals surface area contributed by atoms with Gasteiger partial charge in [-0.25, -0.2) is 4.98 Å². The smallest absolute Gasteiger partial charge is 0.372 e. The van der Waals surface area contributed by atoms with Crippen LogP contribution in [0.3, 0.4) is 0 Å². The summed E-state index contributed by atoms with van der Waals surface area (Å²) < 4.78 is 46.8. The number of aromatic amines is 1. The third kappa shape index (κ3) is 8.51. The Kier molecular flexibility index (Phi) is 10.8. The highest BCUT2D eigenvalue weighted by Gasteiger charge is 2.37. The maximum atomic E-state index is 13.6. The molecule has 16 heteroatoms. The molecule has 250 valence electrons. The zero-order chi connectivity index (χ0) is 33.6. The van der Waals surface area contributed by atoms with Crippen LogP contribution >= 0.6 is 11.6 Å². The number of halogens is 4. The van der Waals surface area contributed by atoms with Crippen molar-refractivity contribution >= 4 is 35.0 Å². The van der Waals surface area contributed by atoms with E-state index in [1.165, 1.54) is 37.7 Å². The number of nitrogens with zero attached hydrogens (tertiary/aromatic N) is 5. The van der Waals surface area contributed by atoms with E-state index in [-0.39, 0.29) is 65.0 Å². The number of amides is 3. The SMILES string of the molecule is COCC#CCn1cc(Cc2cnc(C(=O)Nc3ccc(C(=O)N4CCN(C(=O)C5CCNCC5)CC4)c(Cl)c3)[nH]2)c(C(F)(F)F)n1. The van der Waals surface area contributed by atoms with E-state index in [0.29, 0.717) is 31.9 Å². The van der Waals surface area contributed by atoms with Gasteiger partial charge in [0.05, 0.1) is 10.6 Å². The molecular formula is C31H34ClF3N8O4. The van der Waals surface area contributed by atoms with Gasteiger partial charge in [0.15, 0.2) is 11.5 Å². The standard InChI is InChI=1S/C31H34ClF3N8O4/c1-47-15-3-2-10-43-19-21(26(40-43)31(33,34)35)16-23-18-37-27(38-23)28(44)39-22-4-5-24(25(32)17-22)30(46)42-13-11-41(12-14-42)29(45)20-6-8-36-9-7-20/h4-5,17-20,36H,6-16H2,1H3,(H,37,38)(H,39,44). The van der Waals surface area contributed by atoms with Gasteiger partial charge in [0.2, 0.25) is 5.91 Å². The van der Waals surface area contributed by atoms with Crippen LogP contribution < -0.4 is 10.6 Å². The van der Waals surface area contributed by atoms with Crippen molar-refractivity contribution in [2.45, 2.75) is 32.0 Å². The number of hydrogen-bond acceptors (Lipinski definition) is 7. The molecule has 0 spiro atoms. The largest absolute Gasteiger partial charge is 0.435 e. The van der Waals surface area contributed by atoms with Gasteiger partial charge in [-0.1, -0.05) is 23.4 Å². The molecule has 2 fully saturated rings. The van der Waals surface area contributed by atoms with Crippen molar-refractivity contribution in [2.24, 2.45) is 5.92 Å². The van der Waals surface area contributed by atoms with Crippen LogP contribution in [0.1, 0.15) is 50.8 Å². The number of rotatable bonds is 8. The molecule has 0 atom stereocenters. The fourth-order valence-corrected chi connectivity index (χ4v) is 5.79. The molecular weight excluding hydrogens is 641 g/mol. The van der Waals surface area contributed by atoms with Crippen LogP contribution in [0.2, 0.25) is 5.02 Å². The van der Waals surface area contributed by atoms with Crippen LogP contribution in [0.5, 0.6) is 0 Å². The fraction of sp³-hybridized carbons (Fsp3) is 0.452. The number of carbonyl (C=O) groups is 3. The number of methoxy groups -OCH3 is 1. The van der Waals surface area contributed by atoms with E-state index in [2.05, 4.69) is 37.5 Å². The normalized spacial score (nSPS) is 15.7. The predicted octanol–water partition coefficient (Wildman–Crippen LogP) is 3.06. The van der Waals surface area contributed by atoms with Gasteiger partial charge < -0.3 is 30.2 Å². The number of aromatic nitrogens is 4. The highest BCUT2D eigenvalue weighted by molar-refractivity contribution is 6.34. The van der Waals surface area contributed by atoms with E-state index in [1.54, 1.807) is 4.90 Å². The molecule has 47 heavy (non-hydrogen) atoms. The molecule has 2 saturated heterocycles. The van der Waals surface area contributed by atoms with E-state index < -0.39 is 17.8 Å². The van der Waals surface area contributed by atoms with E-state index >= 15 is 0 Å². The van der Waals surface area contributed by atoms with Crippen molar-refractivity contribution < 1.29 is 32.3 Å². The average Bonchev–Trinajstić information content (AvgIpc) is 3.71. The number of anilines is 1. The second-order valence-corrected chi connectivity index (χ2v) is 11.6. The maximum Gasteiger partial charge on any atom is 0.435 e. The molecule has 4 heterocycles. The summed E-state index contributed by atoms with van der Waals surface area (Å²) in [5.74, 6) is 4.46. The number of alkyl halides is 3. The van der Waals surface area contributed by atoms with Gasteiger partial charge in [-0.2, -0.15) is 18.3 Å². The third-order valence-corrected chi connectivity index (χ3v) is 8.25. The van der Waals surface area contributed by atoms with E-state index in [1.807, 2.05) is 4.90 Å². The summed E-state index contributed by atoms with van der Waals surface area (Å²) in [5, 5.41) is 9.66. The minimum atomic E-state index is -4.69. The van der Waals surface area contributed by atoms with Gasteiger partial charge in [-0.05, 0) is 44.1 Å². The molecule has 2 aliphatic heterocycles. The molecule has 0 aliphatic carbocycles. The predicted molar refractivity (Wildman–Crippen MR) is 166 cm³/mol. The maximum absolute atomic E-state index is 13.6. The zero-order valence-electron chi connectivity index (χ0n) is 25.6. The molecule has 3 N–H and O–H groups in total. The topological polar surface area (TPSA) is 137 Å². The van der Waals surface area contributed by atoms with Crippen LogP contribution in [0, 0.1) is 17.8 Å². The van der Waals surface area contributed by atoms with Gasteiger partial charge in [0.1, 0.15) is 13.2 Å². The number of H-pyrrole nitrogens is 1.